The molecule has 1 aromatic rings. The fraction of sp³-hybridized carbons (Fsp3) is 0.368. The van der Waals surface area contributed by atoms with E-state index in [1.165, 1.54) is 0 Å². The van der Waals surface area contributed by atoms with Gasteiger partial charge in [0.15, 0.2) is 0 Å². The summed E-state index contributed by atoms with van der Waals surface area (Å²) in [6, 6.07) is 10.2. The largest absolute Gasteiger partial charge is 0.466 e. The molecule has 0 N–H and O–H groups in total. The van der Waals surface area contributed by atoms with Crippen LogP contribution in [-0.2, 0) is 14.9 Å². The van der Waals surface area contributed by atoms with E-state index in [2.05, 4.69) is 22.0 Å². The predicted molar refractivity (Wildman–Crippen MR) is 93.6 cm³/mol. The van der Waals surface area contributed by atoms with Crippen LogP contribution in [0.1, 0.15) is 26.3 Å². The summed E-state index contributed by atoms with van der Waals surface area (Å²) in [5.74, 6) is -1.16. The number of nitriles is 1. The number of halogens is 1. The van der Waals surface area contributed by atoms with Gasteiger partial charge in [-0.3, -0.25) is 4.79 Å². The maximum Gasteiger partial charge on any atom is 0.309 e. The molecule has 0 aromatic heterocycles. The normalized spacial score (nSPS) is 24.5. The van der Waals surface area contributed by atoms with Gasteiger partial charge in [0.2, 0.25) is 0 Å². The number of rotatable bonds is 4. The van der Waals surface area contributed by atoms with Crippen molar-refractivity contribution in [1.82, 2.24) is 0 Å². The van der Waals surface area contributed by atoms with Crippen LogP contribution in [0, 0.1) is 23.2 Å². The molecule has 1 aliphatic rings. The summed E-state index contributed by atoms with van der Waals surface area (Å²) in [5, 5.41) is 9.79. The average Bonchev–Trinajstić information content (AvgIpc) is 2.54. The molecule has 1 aliphatic carbocycles. The van der Waals surface area contributed by atoms with Crippen LogP contribution in [0.2, 0.25) is 0 Å². The first-order valence-electron chi connectivity index (χ1n) is 7.65. The molecule has 4 heteroatoms. The van der Waals surface area contributed by atoms with Crippen LogP contribution < -0.4 is 0 Å². The van der Waals surface area contributed by atoms with Crippen LogP contribution in [0.15, 0.2) is 52.5 Å². The number of hydrogen-bond donors (Lipinski definition) is 0. The van der Waals surface area contributed by atoms with Gasteiger partial charge in [-0.2, -0.15) is 5.26 Å². The van der Waals surface area contributed by atoms with Crippen molar-refractivity contribution in [2.45, 2.75) is 26.2 Å². The van der Waals surface area contributed by atoms with E-state index in [0.717, 1.165) is 15.6 Å². The molecule has 3 nitrogen and oxygen atoms in total. The lowest BCUT2D eigenvalue weighted by molar-refractivity contribution is -0.149. The summed E-state index contributed by atoms with van der Waals surface area (Å²) in [4.78, 5) is 12.5. The molecule has 0 heterocycles. The van der Waals surface area contributed by atoms with Crippen LogP contribution in [0.25, 0.3) is 0 Å². The summed E-state index contributed by atoms with van der Waals surface area (Å²) in [5.41, 5.74) is 1.17. The van der Waals surface area contributed by atoms with Crippen molar-refractivity contribution in [2.75, 3.05) is 6.61 Å². The average molecular weight is 374 g/mol. The quantitative estimate of drug-likeness (QED) is 0.727. The number of carbonyl (C=O) groups excluding carboxylic acids is 1. The number of ether oxygens (including phenoxy) is 1. The lowest BCUT2D eigenvalue weighted by atomic mass is 9.59. The van der Waals surface area contributed by atoms with Crippen molar-refractivity contribution in [1.29, 1.82) is 5.26 Å². The van der Waals surface area contributed by atoms with Gasteiger partial charge in [-0.05, 0) is 31.5 Å². The van der Waals surface area contributed by atoms with Gasteiger partial charge in [0.1, 0.15) is 0 Å². The monoisotopic (exact) mass is 373 g/mol. The molecule has 120 valence electrons. The number of hydrogen-bond acceptors (Lipinski definition) is 3. The smallest absolute Gasteiger partial charge is 0.309 e. The third-order valence-electron chi connectivity index (χ3n) is 4.49. The molecule has 0 amide bonds. The molecule has 3 unspecified atom stereocenters. The number of nitrogens with zero attached hydrogens (tertiary/aromatic N) is 1. The second kappa shape index (κ2) is 7.14. The molecule has 23 heavy (non-hydrogen) atoms. The third kappa shape index (κ3) is 3.11. The highest BCUT2D eigenvalue weighted by atomic mass is 79.9. The minimum atomic E-state index is -0.722. The maximum absolute atomic E-state index is 12.5. The van der Waals surface area contributed by atoms with Crippen molar-refractivity contribution >= 4 is 21.9 Å². The minimum absolute atomic E-state index is 0.282. The van der Waals surface area contributed by atoms with Crippen molar-refractivity contribution in [2.24, 2.45) is 11.8 Å². The van der Waals surface area contributed by atoms with Gasteiger partial charge < -0.3 is 4.74 Å². The van der Waals surface area contributed by atoms with Crippen molar-refractivity contribution < 1.29 is 9.53 Å². The molecule has 2 rings (SSSR count). The molecule has 0 aliphatic heterocycles. The van der Waals surface area contributed by atoms with Gasteiger partial charge in [0, 0.05) is 9.89 Å². The zero-order valence-corrected chi connectivity index (χ0v) is 15.1. The van der Waals surface area contributed by atoms with Crippen LogP contribution in [0.3, 0.4) is 0 Å². The molecule has 0 bridgehead atoms. The van der Waals surface area contributed by atoms with Gasteiger partial charge in [0.25, 0.3) is 0 Å². The third-order valence-corrected chi connectivity index (χ3v) is 5.02. The summed E-state index contributed by atoms with van der Waals surface area (Å²) >= 11 is 3.44. The van der Waals surface area contributed by atoms with E-state index in [-0.39, 0.29) is 5.97 Å². The van der Waals surface area contributed by atoms with Crippen LogP contribution in [0.4, 0.5) is 0 Å². The minimum Gasteiger partial charge on any atom is -0.466 e. The van der Waals surface area contributed by atoms with E-state index in [0.29, 0.717) is 6.61 Å². The van der Waals surface area contributed by atoms with E-state index in [9.17, 15) is 10.1 Å². The van der Waals surface area contributed by atoms with Gasteiger partial charge in [0.05, 0.1) is 24.5 Å². The standard InChI is InChI=1S/C19H20BrNO2/c1-4-23-18(22)14(3)19(15-7-9-16(20)10-8-15)11-5-6-13(2)17(19)12-21/h5-11,14,17H,4H2,1-3H3. The SMILES string of the molecule is CCOC(=O)C(C)C1(c2ccc(Br)cc2)C=CC=C(C)C1C#N. The van der Waals surface area contributed by atoms with Crippen molar-refractivity contribution in [3.8, 4) is 6.07 Å². The van der Waals surface area contributed by atoms with Crippen LogP contribution in [0.5, 0.6) is 0 Å². The number of benzene rings is 1. The van der Waals surface area contributed by atoms with E-state index in [4.69, 9.17) is 4.74 Å². The number of esters is 1. The summed E-state index contributed by atoms with van der Waals surface area (Å²) in [7, 11) is 0. The van der Waals surface area contributed by atoms with Gasteiger partial charge >= 0.3 is 5.97 Å². The molecule has 0 spiro atoms. The highest BCUT2D eigenvalue weighted by molar-refractivity contribution is 9.10. The highest BCUT2D eigenvalue weighted by Gasteiger charge is 2.48. The Kier molecular flexibility index (Phi) is 5.43. The Bertz CT molecular complexity index is 684. The van der Waals surface area contributed by atoms with E-state index >= 15 is 0 Å². The van der Waals surface area contributed by atoms with Crippen LogP contribution in [-0.4, -0.2) is 12.6 Å². The molecule has 0 saturated carbocycles. The Hall–Kier alpha value is -1.86. The van der Waals surface area contributed by atoms with Crippen molar-refractivity contribution in [3.63, 3.8) is 0 Å². The first-order valence-corrected chi connectivity index (χ1v) is 8.45. The maximum atomic E-state index is 12.5. The molecule has 1 aromatic carbocycles. The Morgan fingerprint density at radius 2 is 2.09 bits per heavy atom. The zero-order chi connectivity index (χ0) is 17.0. The van der Waals surface area contributed by atoms with Gasteiger partial charge in [-0.1, -0.05) is 58.8 Å². The summed E-state index contributed by atoms with van der Waals surface area (Å²) in [6.45, 7) is 5.89. The fourth-order valence-corrected chi connectivity index (χ4v) is 3.51. The van der Waals surface area contributed by atoms with Gasteiger partial charge in [-0.25, -0.2) is 0 Å². The Balaban J connectivity index is 2.62. The lowest BCUT2D eigenvalue weighted by Gasteiger charge is -2.41. The van der Waals surface area contributed by atoms with E-state index in [1.807, 2.05) is 56.3 Å². The highest BCUT2D eigenvalue weighted by Crippen LogP contribution is 2.46. The lowest BCUT2D eigenvalue weighted by Crippen LogP contribution is -2.44. The van der Waals surface area contributed by atoms with Gasteiger partial charge in [-0.15, -0.1) is 0 Å². The Morgan fingerprint density at radius 1 is 1.43 bits per heavy atom. The number of allylic oxidation sites excluding steroid dienone is 4. The van der Waals surface area contributed by atoms with E-state index < -0.39 is 17.3 Å². The number of carbonyl (C=O) groups is 1. The Labute approximate surface area is 145 Å². The molecule has 0 fully saturated rings. The van der Waals surface area contributed by atoms with Crippen LogP contribution >= 0.6 is 15.9 Å². The van der Waals surface area contributed by atoms with Crippen molar-refractivity contribution in [3.05, 3.63) is 58.1 Å². The second-order valence-electron chi connectivity index (χ2n) is 5.75. The topological polar surface area (TPSA) is 50.1 Å². The molecule has 3 atom stereocenters. The zero-order valence-electron chi connectivity index (χ0n) is 13.5. The summed E-state index contributed by atoms with van der Waals surface area (Å²) < 4.78 is 6.20. The molecular weight excluding hydrogens is 354 g/mol. The fourth-order valence-electron chi connectivity index (χ4n) is 3.24. The molecule has 0 saturated heterocycles. The second-order valence-corrected chi connectivity index (χ2v) is 6.66. The predicted octanol–water partition coefficient (Wildman–Crippen LogP) is 4.54. The first kappa shape index (κ1) is 17.5. The van der Waals surface area contributed by atoms with E-state index in [1.54, 1.807) is 6.92 Å². The molecular formula is C19H20BrNO2. The first-order chi connectivity index (χ1) is 11.0. The molecule has 0 radical (unpaired) electrons. The summed E-state index contributed by atoms with van der Waals surface area (Å²) in [6.07, 6.45) is 5.84. The Morgan fingerprint density at radius 3 is 2.65 bits per heavy atom.